The fourth-order valence-corrected chi connectivity index (χ4v) is 2.93. The second kappa shape index (κ2) is 5.34. The molecule has 1 saturated heterocycles. The molecule has 2 aromatic heterocycles. The minimum absolute atomic E-state index is 0.0431. The first-order chi connectivity index (χ1) is 9.68. The van der Waals surface area contributed by atoms with Crippen molar-refractivity contribution in [1.29, 1.82) is 0 Å². The first kappa shape index (κ1) is 13.3. The van der Waals surface area contributed by atoms with Crippen LogP contribution in [0, 0.1) is 0 Å². The highest BCUT2D eigenvalue weighted by molar-refractivity contribution is 5.42. The van der Waals surface area contributed by atoms with E-state index in [0.29, 0.717) is 16.9 Å². The van der Waals surface area contributed by atoms with Gasteiger partial charge in [-0.05, 0) is 50.9 Å². The van der Waals surface area contributed by atoms with Gasteiger partial charge < -0.3 is 10.4 Å². The summed E-state index contributed by atoms with van der Waals surface area (Å²) in [6, 6.07) is 5.46. The van der Waals surface area contributed by atoms with E-state index < -0.39 is 6.10 Å². The summed E-state index contributed by atoms with van der Waals surface area (Å²) in [6.45, 7) is 3.48. The number of fused-ring (bicyclic) bond motifs is 1. The molecule has 3 heterocycles. The van der Waals surface area contributed by atoms with Gasteiger partial charge in [0.2, 0.25) is 0 Å². The van der Waals surface area contributed by atoms with Crippen LogP contribution in [0.3, 0.4) is 0 Å². The predicted molar refractivity (Wildman–Crippen MR) is 76.9 cm³/mol. The molecule has 0 aromatic carbocycles. The highest BCUT2D eigenvalue weighted by Gasteiger charge is 2.25. The van der Waals surface area contributed by atoms with Crippen LogP contribution in [0.5, 0.6) is 0 Å². The molecule has 0 bridgehead atoms. The van der Waals surface area contributed by atoms with Crippen molar-refractivity contribution in [3.8, 4) is 0 Å². The van der Waals surface area contributed by atoms with Crippen molar-refractivity contribution in [2.24, 2.45) is 0 Å². The van der Waals surface area contributed by atoms with E-state index in [0.717, 1.165) is 25.9 Å². The summed E-state index contributed by atoms with van der Waals surface area (Å²) in [4.78, 5) is 17.2. The zero-order chi connectivity index (χ0) is 14.1. The molecule has 106 valence electrons. The summed E-state index contributed by atoms with van der Waals surface area (Å²) < 4.78 is 1.57. The third kappa shape index (κ3) is 2.23. The number of nitrogens with zero attached hydrogens (tertiary/aromatic N) is 2. The van der Waals surface area contributed by atoms with Crippen LogP contribution in [0.25, 0.3) is 5.65 Å². The van der Waals surface area contributed by atoms with E-state index in [1.54, 1.807) is 23.6 Å². The SMILES string of the molecule is CC(O)c1nc2ccccn2c(=O)c1C1CCNCC1. The molecule has 0 spiro atoms. The molecular weight excluding hydrogens is 254 g/mol. The Balaban J connectivity index is 2.24. The van der Waals surface area contributed by atoms with E-state index in [1.807, 2.05) is 12.1 Å². The molecule has 5 heteroatoms. The van der Waals surface area contributed by atoms with Gasteiger partial charge in [-0.1, -0.05) is 6.07 Å². The largest absolute Gasteiger partial charge is 0.387 e. The van der Waals surface area contributed by atoms with Crippen molar-refractivity contribution in [1.82, 2.24) is 14.7 Å². The quantitative estimate of drug-likeness (QED) is 0.863. The van der Waals surface area contributed by atoms with Crippen LogP contribution < -0.4 is 10.9 Å². The topological polar surface area (TPSA) is 66.6 Å². The van der Waals surface area contributed by atoms with Crippen LogP contribution >= 0.6 is 0 Å². The number of aromatic nitrogens is 2. The molecule has 0 amide bonds. The Bertz CT molecular complexity index is 672. The van der Waals surface area contributed by atoms with Crippen LogP contribution in [0.2, 0.25) is 0 Å². The zero-order valence-corrected chi connectivity index (χ0v) is 11.5. The van der Waals surface area contributed by atoms with E-state index in [-0.39, 0.29) is 11.5 Å². The minimum atomic E-state index is -0.724. The zero-order valence-electron chi connectivity index (χ0n) is 11.5. The van der Waals surface area contributed by atoms with Crippen molar-refractivity contribution in [2.75, 3.05) is 13.1 Å². The number of hydrogen-bond donors (Lipinski definition) is 2. The van der Waals surface area contributed by atoms with Crippen LogP contribution in [0.4, 0.5) is 0 Å². The Morgan fingerprint density at radius 1 is 1.40 bits per heavy atom. The summed E-state index contributed by atoms with van der Waals surface area (Å²) in [7, 11) is 0. The molecule has 1 aliphatic heterocycles. The third-order valence-electron chi connectivity index (χ3n) is 3.94. The van der Waals surface area contributed by atoms with Gasteiger partial charge in [0.05, 0.1) is 11.8 Å². The third-order valence-corrected chi connectivity index (χ3v) is 3.94. The molecule has 0 saturated carbocycles. The fourth-order valence-electron chi connectivity index (χ4n) is 2.93. The second-order valence-corrected chi connectivity index (χ2v) is 5.34. The molecular formula is C15H19N3O2. The van der Waals surface area contributed by atoms with Gasteiger partial charge in [-0.3, -0.25) is 9.20 Å². The number of rotatable bonds is 2. The van der Waals surface area contributed by atoms with Crippen LogP contribution in [0.1, 0.15) is 43.0 Å². The van der Waals surface area contributed by atoms with Gasteiger partial charge >= 0.3 is 0 Å². The maximum Gasteiger partial charge on any atom is 0.261 e. The lowest BCUT2D eigenvalue weighted by atomic mass is 9.88. The smallest absolute Gasteiger partial charge is 0.261 e. The Hall–Kier alpha value is -1.72. The molecule has 1 fully saturated rings. The molecule has 0 radical (unpaired) electrons. The molecule has 2 aromatic rings. The van der Waals surface area contributed by atoms with Gasteiger partial charge in [-0.2, -0.15) is 0 Å². The van der Waals surface area contributed by atoms with Crippen molar-refractivity contribution in [2.45, 2.75) is 31.8 Å². The lowest BCUT2D eigenvalue weighted by Gasteiger charge is -2.25. The standard InChI is InChI=1S/C15H19N3O2/c1-10(19)14-13(11-5-7-16-8-6-11)15(20)18-9-3-2-4-12(18)17-14/h2-4,9-11,16,19H,5-8H2,1H3. The molecule has 1 atom stereocenters. The van der Waals surface area contributed by atoms with Crippen molar-refractivity contribution < 1.29 is 5.11 Å². The number of piperidine rings is 1. The molecule has 2 N–H and O–H groups in total. The molecule has 0 aliphatic carbocycles. The predicted octanol–water partition coefficient (Wildman–Crippen LogP) is 1.21. The fraction of sp³-hybridized carbons (Fsp3) is 0.467. The minimum Gasteiger partial charge on any atom is -0.387 e. The van der Waals surface area contributed by atoms with Crippen LogP contribution in [-0.4, -0.2) is 27.6 Å². The Morgan fingerprint density at radius 3 is 2.85 bits per heavy atom. The van der Waals surface area contributed by atoms with Gasteiger partial charge in [0.1, 0.15) is 5.65 Å². The van der Waals surface area contributed by atoms with E-state index in [2.05, 4.69) is 10.3 Å². The maximum absolute atomic E-state index is 12.7. The monoisotopic (exact) mass is 273 g/mol. The van der Waals surface area contributed by atoms with Gasteiger partial charge in [0, 0.05) is 11.8 Å². The Kier molecular flexibility index (Phi) is 3.54. The lowest BCUT2D eigenvalue weighted by molar-refractivity contribution is 0.191. The average Bonchev–Trinajstić information content (AvgIpc) is 2.48. The summed E-state index contributed by atoms with van der Waals surface area (Å²) in [5.41, 5.74) is 1.77. The molecule has 1 unspecified atom stereocenters. The summed E-state index contributed by atoms with van der Waals surface area (Å²) in [6.07, 6.45) is 2.84. The first-order valence-electron chi connectivity index (χ1n) is 7.08. The Morgan fingerprint density at radius 2 is 2.15 bits per heavy atom. The van der Waals surface area contributed by atoms with Gasteiger partial charge in [-0.25, -0.2) is 4.98 Å². The first-order valence-corrected chi connectivity index (χ1v) is 7.08. The molecule has 3 rings (SSSR count). The second-order valence-electron chi connectivity index (χ2n) is 5.34. The van der Waals surface area contributed by atoms with E-state index >= 15 is 0 Å². The number of nitrogens with one attached hydrogen (secondary N) is 1. The van der Waals surface area contributed by atoms with Crippen LogP contribution in [-0.2, 0) is 0 Å². The molecule has 20 heavy (non-hydrogen) atoms. The highest BCUT2D eigenvalue weighted by Crippen LogP contribution is 2.27. The van der Waals surface area contributed by atoms with E-state index in [9.17, 15) is 9.90 Å². The lowest BCUT2D eigenvalue weighted by Crippen LogP contribution is -2.32. The van der Waals surface area contributed by atoms with E-state index in [1.165, 1.54) is 0 Å². The van der Waals surface area contributed by atoms with Crippen LogP contribution in [0.15, 0.2) is 29.2 Å². The number of aliphatic hydroxyl groups is 1. The molecule has 5 nitrogen and oxygen atoms in total. The summed E-state index contributed by atoms with van der Waals surface area (Å²) >= 11 is 0. The highest BCUT2D eigenvalue weighted by atomic mass is 16.3. The maximum atomic E-state index is 12.7. The Labute approximate surface area is 117 Å². The average molecular weight is 273 g/mol. The van der Waals surface area contributed by atoms with Crippen molar-refractivity contribution in [3.05, 3.63) is 46.0 Å². The normalized spacial score (nSPS) is 18.3. The summed E-state index contributed by atoms with van der Waals surface area (Å²) in [5.74, 6) is 0.179. The van der Waals surface area contributed by atoms with Crippen molar-refractivity contribution >= 4 is 5.65 Å². The van der Waals surface area contributed by atoms with Gasteiger partial charge in [0.15, 0.2) is 0 Å². The number of pyridine rings is 1. The molecule has 1 aliphatic rings. The number of hydrogen-bond acceptors (Lipinski definition) is 4. The van der Waals surface area contributed by atoms with Crippen molar-refractivity contribution in [3.63, 3.8) is 0 Å². The van der Waals surface area contributed by atoms with E-state index in [4.69, 9.17) is 0 Å². The van der Waals surface area contributed by atoms with Gasteiger partial charge in [0.25, 0.3) is 5.56 Å². The van der Waals surface area contributed by atoms with Gasteiger partial charge in [-0.15, -0.1) is 0 Å². The summed E-state index contributed by atoms with van der Waals surface area (Å²) in [5, 5.41) is 13.3. The number of aliphatic hydroxyl groups excluding tert-OH is 1.